The van der Waals surface area contributed by atoms with Gasteiger partial charge in [-0.2, -0.15) is 0 Å². The van der Waals surface area contributed by atoms with Crippen LogP contribution < -0.4 is 0 Å². The minimum absolute atomic E-state index is 0.290. The monoisotopic (exact) mass is 225 g/mol. The Bertz CT molecular complexity index is 301. The Kier molecular flexibility index (Phi) is 3.46. The number of rotatable bonds is 1. The molecule has 0 spiro atoms. The summed E-state index contributed by atoms with van der Waals surface area (Å²) in [4.78, 5) is 11.0. The van der Waals surface area contributed by atoms with Crippen molar-refractivity contribution in [3.63, 3.8) is 0 Å². The molecule has 2 rings (SSSR count). The molecule has 0 bridgehead atoms. The Morgan fingerprint density at radius 3 is 2.75 bits per heavy atom. The average molecular weight is 225 g/mol. The molecule has 0 radical (unpaired) electrons. The minimum Gasteiger partial charge on any atom is -0.456 e. The number of fused-ring (bicyclic) bond motifs is 1. The zero-order valence-corrected chi connectivity index (χ0v) is 9.69. The number of esters is 1. The zero-order valence-electron chi connectivity index (χ0n) is 9.69. The van der Waals surface area contributed by atoms with Crippen molar-refractivity contribution in [2.75, 3.05) is 0 Å². The maximum absolute atomic E-state index is 11.0. The minimum atomic E-state index is -0.291. The van der Waals surface area contributed by atoms with E-state index in [1.807, 2.05) is 0 Å². The quantitative estimate of drug-likeness (QED) is 0.423. The second-order valence-electron chi connectivity index (χ2n) is 4.85. The van der Waals surface area contributed by atoms with E-state index in [0.717, 1.165) is 19.3 Å². The van der Waals surface area contributed by atoms with E-state index in [1.165, 1.54) is 26.2 Å². The summed E-state index contributed by atoms with van der Waals surface area (Å²) in [6.45, 7) is 1.40. The Labute approximate surface area is 95.7 Å². The van der Waals surface area contributed by atoms with Crippen LogP contribution >= 0.6 is 0 Å². The van der Waals surface area contributed by atoms with Crippen LogP contribution in [0.1, 0.15) is 45.4 Å². The van der Waals surface area contributed by atoms with Crippen LogP contribution in [0.2, 0.25) is 0 Å². The van der Waals surface area contributed by atoms with E-state index in [1.54, 1.807) is 0 Å². The molecule has 90 valence electrons. The van der Waals surface area contributed by atoms with Crippen LogP contribution in [0.5, 0.6) is 0 Å². The summed E-state index contributed by atoms with van der Waals surface area (Å²) in [5.74, 6) is 0.670. The summed E-state index contributed by atoms with van der Waals surface area (Å²) in [5, 5.41) is 12.5. The van der Waals surface area contributed by atoms with Gasteiger partial charge in [0.15, 0.2) is 0 Å². The normalized spacial score (nSPS) is 36.8. The molecule has 2 aliphatic carbocycles. The third-order valence-electron chi connectivity index (χ3n) is 3.84. The molecule has 0 aromatic rings. The van der Waals surface area contributed by atoms with Crippen molar-refractivity contribution in [1.29, 1.82) is 0 Å². The van der Waals surface area contributed by atoms with Crippen LogP contribution in [0, 0.1) is 11.8 Å². The predicted octanol–water partition coefficient (Wildman–Crippen LogP) is 2.35. The molecule has 3 atom stereocenters. The van der Waals surface area contributed by atoms with Crippen molar-refractivity contribution in [3.05, 3.63) is 0 Å². The molecule has 16 heavy (non-hydrogen) atoms. The van der Waals surface area contributed by atoms with E-state index in [-0.39, 0.29) is 12.1 Å². The van der Waals surface area contributed by atoms with Crippen molar-refractivity contribution in [3.8, 4) is 0 Å². The number of hydrogen-bond donors (Lipinski definition) is 1. The van der Waals surface area contributed by atoms with Crippen molar-refractivity contribution < 1.29 is 14.7 Å². The molecule has 0 aromatic carbocycles. The molecule has 0 aromatic heterocycles. The fraction of sp³-hybridized carbons (Fsp3) is 0.833. The first-order valence-electron chi connectivity index (χ1n) is 6.11. The predicted molar refractivity (Wildman–Crippen MR) is 59.5 cm³/mol. The fourth-order valence-corrected chi connectivity index (χ4v) is 3.15. The molecular formula is C12H19NO3. The summed E-state index contributed by atoms with van der Waals surface area (Å²) in [7, 11) is 0. The summed E-state index contributed by atoms with van der Waals surface area (Å²) < 4.78 is 5.21. The molecule has 0 saturated heterocycles. The molecular weight excluding hydrogens is 206 g/mol. The van der Waals surface area contributed by atoms with Gasteiger partial charge in [-0.05, 0) is 31.6 Å². The molecule has 0 heterocycles. The van der Waals surface area contributed by atoms with Gasteiger partial charge in [-0.15, -0.1) is 0 Å². The number of hydrogen-bond acceptors (Lipinski definition) is 4. The third kappa shape index (κ3) is 2.20. The van der Waals surface area contributed by atoms with Gasteiger partial charge in [0.2, 0.25) is 0 Å². The molecule has 0 amide bonds. The maximum Gasteiger partial charge on any atom is 0.303 e. The second-order valence-corrected chi connectivity index (χ2v) is 4.85. The first kappa shape index (κ1) is 11.4. The molecule has 2 saturated carbocycles. The lowest BCUT2D eigenvalue weighted by molar-refractivity contribution is -0.144. The van der Waals surface area contributed by atoms with E-state index in [0.29, 0.717) is 17.5 Å². The highest BCUT2D eigenvalue weighted by Crippen LogP contribution is 2.39. The van der Waals surface area contributed by atoms with Gasteiger partial charge >= 0.3 is 5.97 Å². The number of nitrogens with zero attached hydrogens (tertiary/aromatic N) is 1. The first-order chi connectivity index (χ1) is 7.72. The molecule has 1 N–H and O–H groups in total. The summed E-state index contributed by atoms with van der Waals surface area (Å²) in [6.07, 6.45) is 6.35. The molecule has 4 heteroatoms. The second kappa shape index (κ2) is 4.85. The van der Waals surface area contributed by atoms with Crippen molar-refractivity contribution in [2.24, 2.45) is 17.0 Å². The molecule has 0 aliphatic heterocycles. The van der Waals surface area contributed by atoms with E-state index in [2.05, 4.69) is 5.16 Å². The van der Waals surface area contributed by atoms with Crippen LogP contribution in [0.3, 0.4) is 0 Å². The summed E-state index contributed by atoms with van der Waals surface area (Å²) in [6, 6.07) is 0. The fourth-order valence-electron chi connectivity index (χ4n) is 3.15. The van der Waals surface area contributed by atoms with E-state index in [4.69, 9.17) is 9.94 Å². The molecule has 2 fully saturated rings. The van der Waals surface area contributed by atoms with E-state index in [9.17, 15) is 4.79 Å². The molecule has 4 nitrogen and oxygen atoms in total. The lowest BCUT2D eigenvalue weighted by Gasteiger charge is -2.39. The van der Waals surface area contributed by atoms with Gasteiger partial charge in [-0.25, -0.2) is 0 Å². The first-order valence-corrected chi connectivity index (χ1v) is 6.11. The largest absolute Gasteiger partial charge is 0.456 e. The van der Waals surface area contributed by atoms with Gasteiger partial charge < -0.3 is 9.94 Å². The summed E-state index contributed by atoms with van der Waals surface area (Å²) >= 11 is 0. The van der Waals surface area contributed by atoms with Crippen LogP contribution in [-0.4, -0.2) is 23.0 Å². The average Bonchev–Trinajstić information content (AvgIpc) is 2.28. The van der Waals surface area contributed by atoms with Crippen molar-refractivity contribution in [1.82, 2.24) is 0 Å². The highest BCUT2D eigenvalue weighted by atomic mass is 16.5. The van der Waals surface area contributed by atoms with Crippen LogP contribution in [0.25, 0.3) is 0 Å². The topological polar surface area (TPSA) is 58.9 Å². The van der Waals surface area contributed by atoms with Gasteiger partial charge in [-0.3, -0.25) is 4.79 Å². The number of ether oxygens (including phenoxy) is 1. The smallest absolute Gasteiger partial charge is 0.303 e. The Balaban J connectivity index is 2.10. The SMILES string of the molecule is CC(=O)OC1CCC2CCCCC2/C1=N\O. The third-order valence-corrected chi connectivity index (χ3v) is 3.84. The Morgan fingerprint density at radius 2 is 2.06 bits per heavy atom. The van der Waals surface area contributed by atoms with Crippen molar-refractivity contribution in [2.45, 2.75) is 51.6 Å². The van der Waals surface area contributed by atoms with Crippen LogP contribution in [0.4, 0.5) is 0 Å². The lowest BCUT2D eigenvalue weighted by atomic mass is 9.69. The van der Waals surface area contributed by atoms with Crippen molar-refractivity contribution >= 4 is 11.7 Å². The number of oxime groups is 1. The Hall–Kier alpha value is -1.06. The highest BCUT2D eigenvalue weighted by Gasteiger charge is 2.39. The highest BCUT2D eigenvalue weighted by molar-refractivity contribution is 5.92. The lowest BCUT2D eigenvalue weighted by Crippen LogP contribution is -2.42. The maximum atomic E-state index is 11.0. The molecule has 2 aliphatic rings. The van der Waals surface area contributed by atoms with Gasteiger partial charge in [0, 0.05) is 12.8 Å². The Morgan fingerprint density at radius 1 is 1.31 bits per heavy atom. The van der Waals surface area contributed by atoms with Gasteiger partial charge in [0.25, 0.3) is 0 Å². The van der Waals surface area contributed by atoms with E-state index < -0.39 is 0 Å². The molecule has 3 unspecified atom stereocenters. The van der Waals surface area contributed by atoms with Gasteiger partial charge in [-0.1, -0.05) is 18.0 Å². The standard InChI is InChI=1S/C12H19NO3/c1-8(14)16-11-7-6-9-4-2-3-5-10(9)12(11)13-15/h9-11,15H,2-7H2,1H3/b13-12+. The van der Waals surface area contributed by atoms with Gasteiger partial charge in [0.05, 0.1) is 0 Å². The van der Waals surface area contributed by atoms with Crippen LogP contribution in [-0.2, 0) is 9.53 Å². The number of carbonyl (C=O) groups excluding carboxylic acids is 1. The van der Waals surface area contributed by atoms with Crippen LogP contribution in [0.15, 0.2) is 5.16 Å². The summed E-state index contributed by atoms with van der Waals surface area (Å²) in [5.41, 5.74) is 0.700. The zero-order chi connectivity index (χ0) is 11.5. The number of carbonyl (C=O) groups is 1. The van der Waals surface area contributed by atoms with E-state index >= 15 is 0 Å². The van der Waals surface area contributed by atoms with Gasteiger partial charge in [0.1, 0.15) is 11.8 Å².